The number of carbonyl (C=O) groups is 2. The van der Waals surface area contributed by atoms with Crippen molar-refractivity contribution in [3.05, 3.63) is 29.8 Å². The molecule has 0 aliphatic carbocycles. The summed E-state index contributed by atoms with van der Waals surface area (Å²) in [5, 5.41) is 0. The molecule has 0 unspecified atom stereocenters. The molecule has 3 amide bonds. The van der Waals surface area contributed by atoms with Crippen LogP contribution < -0.4 is 4.90 Å². The zero-order valence-corrected chi connectivity index (χ0v) is 10.8. The first-order chi connectivity index (χ1) is 8.63. The molecule has 0 saturated carbocycles. The van der Waals surface area contributed by atoms with Gasteiger partial charge in [0.25, 0.3) is 0 Å². The van der Waals surface area contributed by atoms with E-state index in [1.54, 1.807) is 4.90 Å². The van der Waals surface area contributed by atoms with Crippen LogP contribution in [0.15, 0.2) is 24.3 Å². The molecule has 0 spiro atoms. The molecular weight excluding hydrogens is 228 g/mol. The number of carbonyl (C=O) groups excluding carboxylic acids is 2. The fourth-order valence-electron chi connectivity index (χ4n) is 2.10. The lowest BCUT2D eigenvalue weighted by Gasteiger charge is -2.34. The summed E-state index contributed by atoms with van der Waals surface area (Å²) in [6, 6.07) is 7.60. The molecule has 0 radical (unpaired) electrons. The van der Waals surface area contributed by atoms with Crippen LogP contribution in [0.25, 0.3) is 0 Å². The number of nitrogens with zero attached hydrogens (tertiary/aromatic N) is 2. The summed E-state index contributed by atoms with van der Waals surface area (Å²) in [5.41, 5.74) is 2.02. The van der Waals surface area contributed by atoms with Gasteiger partial charge >= 0.3 is 6.03 Å². The maximum absolute atomic E-state index is 12.2. The molecule has 0 N–H and O–H groups in total. The Morgan fingerprint density at radius 2 is 1.83 bits per heavy atom. The quantitative estimate of drug-likeness (QED) is 0.822. The van der Waals surface area contributed by atoms with Gasteiger partial charge in [-0.15, -0.1) is 0 Å². The monoisotopic (exact) mass is 246 g/mol. The van der Waals surface area contributed by atoms with E-state index in [0.717, 1.165) is 17.7 Å². The van der Waals surface area contributed by atoms with Crippen molar-refractivity contribution < 1.29 is 9.59 Å². The van der Waals surface area contributed by atoms with E-state index in [2.05, 4.69) is 0 Å². The molecule has 1 heterocycles. The summed E-state index contributed by atoms with van der Waals surface area (Å²) >= 11 is 0. The van der Waals surface area contributed by atoms with Crippen molar-refractivity contribution in [2.75, 3.05) is 18.0 Å². The SMILES string of the molecule is CCCN1C(=O)CCN(c2ccc(C)cc2)C1=O. The van der Waals surface area contributed by atoms with E-state index in [0.29, 0.717) is 19.5 Å². The van der Waals surface area contributed by atoms with Crippen molar-refractivity contribution in [3.8, 4) is 0 Å². The highest BCUT2D eigenvalue weighted by atomic mass is 16.2. The zero-order valence-electron chi connectivity index (χ0n) is 10.8. The van der Waals surface area contributed by atoms with Crippen molar-refractivity contribution in [1.82, 2.24) is 4.90 Å². The Balaban J connectivity index is 2.21. The number of urea groups is 1. The zero-order chi connectivity index (χ0) is 13.1. The molecule has 1 saturated heterocycles. The Morgan fingerprint density at radius 1 is 1.17 bits per heavy atom. The highest BCUT2D eigenvalue weighted by Gasteiger charge is 2.31. The first-order valence-corrected chi connectivity index (χ1v) is 6.32. The molecule has 1 aliphatic rings. The van der Waals surface area contributed by atoms with E-state index in [9.17, 15) is 9.59 Å². The number of benzene rings is 1. The second-order valence-electron chi connectivity index (χ2n) is 4.57. The van der Waals surface area contributed by atoms with E-state index in [1.165, 1.54) is 4.90 Å². The average molecular weight is 246 g/mol. The van der Waals surface area contributed by atoms with E-state index in [-0.39, 0.29) is 11.9 Å². The normalized spacial score (nSPS) is 16.3. The first-order valence-electron chi connectivity index (χ1n) is 6.32. The number of anilines is 1. The molecule has 1 aromatic carbocycles. The molecule has 0 atom stereocenters. The minimum Gasteiger partial charge on any atom is -0.293 e. The maximum atomic E-state index is 12.2. The third-order valence-electron chi connectivity index (χ3n) is 3.10. The highest BCUT2D eigenvalue weighted by molar-refractivity contribution is 6.05. The largest absolute Gasteiger partial charge is 0.331 e. The lowest BCUT2D eigenvalue weighted by atomic mass is 10.2. The van der Waals surface area contributed by atoms with Crippen molar-refractivity contribution >= 4 is 17.6 Å². The van der Waals surface area contributed by atoms with Gasteiger partial charge in [0.05, 0.1) is 0 Å². The topological polar surface area (TPSA) is 40.6 Å². The maximum Gasteiger partial charge on any atom is 0.331 e. The summed E-state index contributed by atoms with van der Waals surface area (Å²) in [4.78, 5) is 27.0. The fourth-order valence-corrected chi connectivity index (χ4v) is 2.10. The van der Waals surface area contributed by atoms with Gasteiger partial charge in [-0.25, -0.2) is 4.79 Å². The van der Waals surface area contributed by atoms with Gasteiger partial charge in [0.15, 0.2) is 0 Å². The van der Waals surface area contributed by atoms with E-state index in [1.807, 2.05) is 38.1 Å². The minimum absolute atomic E-state index is 0.0646. The number of hydrogen-bond donors (Lipinski definition) is 0. The summed E-state index contributed by atoms with van der Waals surface area (Å²) in [6.45, 7) is 4.95. The molecular formula is C14H18N2O2. The standard InChI is InChI=1S/C14H18N2O2/c1-3-9-16-13(17)8-10-15(14(16)18)12-6-4-11(2)5-7-12/h4-7H,3,8-10H2,1-2H3. The molecule has 1 fully saturated rings. The summed E-state index contributed by atoms with van der Waals surface area (Å²) in [5.74, 6) is -0.0646. The number of amides is 3. The average Bonchev–Trinajstić information content (AvgIpc) is 2.36. The van der Waals surface area contributed by atoms with E-state index >= 15 is 0 Å². The Morgan fingerprint density at radius 3 is 2.44 bits per heavy atom. The number of imide groups is 1. The lowest BCUT2D eigenvalue weighted by Crippen LogP contribution is -2.52. The summed E-state index contributed by atoms with van der Waals surface area (Å²) in [6.07, 6.45) is 1.19. The minimum atomic E-state index is -0.197. The molecule has 2 rings (SSSR count). The second kappa shape index (κ2) is 5.21. The van der Waals surface area contributed by atoms with Crippen LogP contribution in [-0.4, -0.2) is 29.9 Å². The molecule has 18 heavy (non-hydrogen) atoms. The molecule has 0 aromatic heterocycles. The summed E-state index contributed by atoms with van der Waals surface area (Å²) < 4.78 is 0. The van der Waals surface area contributed by atoms with Crippen molar-refractivity contribution in [2.45, 2.75) is 26.7 Å². The molecule has 0 bridgehead atoms. The predicted octanol–water partition coefficient (Wildman–Crippen LogP) is 2.56. The van der Waals surface area contributed by atoms with E-state index < -0.39 is 0 Å². The third-order valence-corrected chi connectivity index (χ3v) is 3.10. The first kappa shape index (κ1) is 12.6. The highest BCUT2D eigenvalue weighted by Crippen LogP contribution is 2.21. The Hall–Kier alpha value is -1.84. The Labute approximate surface area is 107 Å². The van der Waals surface area contributed by atoms with Crippen LogP contribution in [0.3, 0.4) is 0 Å². The number of aryl methyl sites for hydroxylation is 1. The summed E-state index contributed by atoms with van der Waals surface area (Å²) in [7, 11) is 0. The predicted molar refractivity (Wildman–Crippen MR) is 70.5 cm³/mol. The Kier molecular flexibility index (Phi) is 3.65. The van der Waals surface area contributed by atoms with E-state index in [4.69, 9.17) is 0 Å². The molecule has 4 heteroatoms. The van der Waals surface area contributed by atoms with Crippen LogP contribution in [0, 0.1) is 6.92 Å². The van der Waals surface area contributed by atoms with Crippen molar-refractivity contribution in [3.63, 3.8) is 0 Å². The molecule has 96 valence electrons. The third kappa shape index (κ3) is 2.37. The van der Waals surface area contributed by atoms with Crippen LogP contribution >= 0.6 is 0 Å². The van der Waals surface area contributed by atoms with Crippen molar-refractivity contribution in [1.29, 1.82) is 0 Å². The van der Waals surface area contributed by atoms with Gasteiger partial charge in [-0.1, -0.05) is 24.6 Å². The van der Waals surface area contributed by atoms with Gasteiger partial charge in [0, 0.05) is 25.2 Å². The fraction of sp³-hybridized carbons (Fsp3) is 0.429. The van der Waals surface area contributed by atoms with Gasteiger partial charge in [-0.05, 0) is 25.5 Å². The molecule has 1 aliphatic heterocycles. The van der Waals surface area contributed by atoms with Crippen molar-refractivity contribution in [2.24, 2.45) is 0 Å². The van der Waals surface area contributed by atoms with Gasteiger partial charge in [-0.3, -0.25) is 14.6 Å². The number of rotatable bonds is 3. The van der Waals surface area contributed by atoms with Crippen LogP contribution in [0.4, 0.5) is 10.5 Å². The second-order valence-corrected chi connectivity index (χ2v) is 4.57. The molecule has 1 aromatic rings. The van der Waals surface area contributed by atoms with Gasteiger partial charge < -0.3 is 0 Å². The van der Waals surface area contributed by atoms with Crippen LogP contribution in [0.1, 0.15) is 25.3 Å². The van der Waals surface area contributed by atoms with Crippen LogP contribution in [0.2, 0.25) is 0 Å². The van der Waals surface area contributed by atoms with Gasteiger partial charge in [0.2, 0.25) is 5.91 Å². The smallest absolute Gasteiger partial charge is 0.293 e. The van der Waals surface area contributed by atoms with Gasteiger partial charge in [0.1, 0.15) is 0 Å². The van der Waals surface area contributed by atoms with Crippen LogP contribution in [-0.2, 0) is 4.79 Å². The molecule has 4 nitrogen and oxygen atoms in total. The van der Waals surface area contributed by atoms with Gasteiger partial charge in [-0.2, -0.15) is 0 Å². The lowest BCUT2D eigenvalue weighted by molar-refractivity contribution is -0.128. The van der Waals surface area contributed by atoms with Crippen LogP contribution in [0.5, 0.6) is 0 Å². The number of hydrogen-bond acceptors (Lipinski definition) is 2. The Bertz CT molecular complexity index is 453.